The zero-order valence-corrected chi connectivity index (χ0v) is 14.7. The highest BCUT2D eigenvalue weighted by Crippen LogP contribution is 2.17. The maximum atomic E-state index is 12.5. The van der Waals surface area contributed by atoms with E-state index >= 15 is 0 Å². The molecule has 0 spiro atoms. The molecule has 25 heavy (non-hydrogen) atoms. The van der Waals surface area contributed by atoms with Gasteiger partial charge in [-0.05, 0) is 17.7 Å². The van der Waals surface area contributed by atoms with Crippen LogP contribution in [-0.2, 0) is 19.4 Å². The molecular weight excluding hydrogens is 320 g/mol. The molecule has 7 heteroatoms. The number of methoxy groups -OCH3 is 1. The van der Waals surface area contributed by atoms with Gasteiger partial charge < -0.3 is 19.5 Å². The lowest BCUT2D eigenvalue weighted by Crippen LogP contribution is -2.44. The molecule has 0 radical (unpaired) electrons. The fraction of sp³-hybridized carbons (Fsp3) is 0.389. The molecule has 7 nitrogen and oxygen atoms in total. The summed E-state index contributed by atoms with van der Waals surface area (Å²) in [5.74, 6) is 1.40. The highest BCUT2D eigenvalue weighted by molar-refractivity contribution is 5.74. The van der Waals surface area contributed by atoms with E-state index in [0.717, 1.165) is 17.0 Å². The van der Waals surface area contributed by atoms with E-state index in [4.69, 9.17) is 4.74 Å². The second kappa shape index (κ2) is 6.96. The van der Waals surface area contributed by atoms with Crippen molar-refractivity contribution >= 4 is 6.03 Å². The van der Waals surface area contributed by atoms with Crippen molar-refractivity contribution < 1.29 is 9.53 Å². The lowest BCUT2D eigenvalue weighted by Gasteiger charge is -2.30. The van der Waals surface area contributed by atoms with E-state index in [-0.39, 0.29) is 11.6 Å². The first-order chi connectivity index (χ1) is 12.0. The molecule has 0 unspecified atom stereocenters. The number of urea groups is 1. The van der Waals surface area contributed by atoms with Crippen LogP contribution in [0.15, 0.2) is 29.1 Å². The molecule has 3 rings (SSSR count). The van der Waals surface area contributed by atoms with Crippen LogP contribution in [0, 0.1) is 0 Å². The standard InChI is InChI=1S/C18H22N4O3/c1-21(2)18(24)22-8-7-15-14(11-22)17(23)20-16(19-15)10-12-5-4-6-13(9-12)25-3/h4-6,9H,7-8,10-11H2,1-3H3,(H,19,20,23). The largest absolute Gasteiger partial charge is 0.497 e. The maximum Gasteiger partial charge on any atom is 0.319 e. The number of ether oxygens (including phenoxy) is 1. The molecule has 0 saturated heterocycles. The van der Waals surface area contributed by atoms with Crippen molar-refractivity contribution in [2.45, 2.75) is 19.4 Å². The molecule has 0 saturated carbocycles. The van der Waals surface area contributed by atoms with Crippen molar-refractivity contribution in [3.8, 4) is 5.75 Å². The van der Waals surface area contributed by atoms with Crippen LogP contribution in [0.4, 0.5) is 4.79 Å². The van der Waals surface area contributed by atoms with Crippen molar-refractivity contribution in [1.29, 1.82) is 0 Å². The molecule has 1 aliphatic heterocycles. The number of aromatic amines is 1. The predicted octanol–water partition coefficient (Wildman–Crippen LogP) is 1.41. The number of hydrogen-bond acceptors (Lipinski definition) is 4. The molecule has 2 heterocycles. The number of rotatable bonds is 3. The first kappa shape index (κ1) is 17.0. The Kier molecular flexibility index (Phi) is 4.74. The Morgan fingerprint density at radius 1 is 1.40 bits per heavy atom. The third-order valence-electron chi connectivity index (χ3n) is 4.28. The van der Waals surface area contributed by atoms with E-state index in [1.807, 2.05) is 24.3 Å². The van der Waals surface area contributed by atoms with Crippen LogP contribution in [-0.4, -0.2) is 53.5 Å². The van der Waals surface area contributed by atoms with Gasteiger partial charge in [0.25, 0.3) is 5.56 Å². The van der Waals surface area contributed by atoms with Crippen LogP contribution in [0.2, 0.25) is 0 Å². The first-order valence-corrected chi connectivity index (χ1v) is 8.18. The summed E-state index contributed by atoms with van der Waals surface area (Å²) in [6.07, 6.45) is 1.12. The molecule has 1 aromatic heterocycles. The number of fused-ring (bicyclic) bond motifs is 1. The number of hydrogen-bond donors (Lipinski definition) is 1. The van der Waals surface area contributed by atoms with Crippen molar-refractivity contribution in [3.05, 3.63) is 57.3 Å². The second-order valence-electron chi connectivity index (χ2n) is 6.31. The minimum atomic E-state index is -0.167. The molecule has 2 aromatic rings. The quantitative estimate of drug-likeness (QED) is 0.915. The highest BCUT2D eigenvalue weighted by atomic mass is 16.5. The van der Waals surface area contributed by atoms with Crippen LogP contribution in [0.25, 0.3) is 0 Å². The Balaban J connectivity index is 1.83. The molecule has 0 fully saturated rings. The SMILES string of the molecule is COc1cccc(Cc2nc3c(c(=O)[nH]2)CN(C(=O)N(C)C)CC3)c1. The van der Waals surface area contributed by atoms with E-state index in [1.54, 1.807) is 26.1 Å². The van der Waals surface area contributed by atoms with Crippen LogP contribution in [0.1, 0.15) is 22.6 Å². The van der Waals surface area contributed by atoms with Gasteiger partial charge in [-0.1, -0.05) is 12.1 Å². The van der Waals surface area contributed by atoms with E-state index in [9.17, 15) is 9.59 Å². The Morgan fingerprint density at radius 2 is 2.20 bits per heavy atom. The molecule has 1 aliphatic rings. The fourth-order valence-corrected chi connectivity index (χ4v) is 2.98. The average Bonchev–Trinajstić information content (AvgIpc) is 2.61. The van der Waals surface area contributed by atoms with Crippen molar-refractivity contribution in [2.75, 3.05) is 27.7 Å². The van der Waals surface area contributed by atoms with Gasteiger partial charge in [-0.15, -0.1) is 0 Å². The molecule has 2 amide bonds. The average molecular weight is 342 g/mol. The molecular formula is C18H22N4O3. The summed E-state index contributed by atoms with van der Waals surface area (Å²) in [4.78, 5) is 35.2. The van der Waals surface area contributed by atoms with Gasteiger partial charge in [0.05, 0.1) is 24.9 Å². The van der Waals surface area contributed by atoms with Crippen LogP contribution < -0.4 is 10.3 Å². The Morgan fingerprint density at radius 3 is 2.92 bits per heavy atom. The number of aromatic nitrogens is 2. The van der Waals surface area contributed by atoms with Gasteiger partial charge in [0.1, 0.15) is 11.6 Å². The summed E-state index contributed by atoms with van der Waals surface area (Å²) in [5, 5.41) is 0. The summed E-state index contributed by atoms with van der Waals surface area (Å²) in [5.41, 5.74) is 2.21. The Hall–Kier alpha value is -2.83. The molecule has 0 aliphatic carbocycles. The van der Waals surface area contributed by atoms with Crippen LogP contribution >= 0.6 is 0 Å². The summed E-state index contributed by atoms with van der Waals surface area (Å²) < 4.78 is 5.23. The highest BCUT2D eigenvalue weighted by Gasteiger charge is 2.25. The molecule has 132 valence electrons. The topological polar surface area (TPSA) is 78.5 Å². The monoisotopic (exact) mass is 342 g/mol. The van der Waals surface area contributed by atoms with Crippen LogP contribution in [0.3, 0.4) is 0 Å². The fourth-order valence-electron chi connectivity index (χ4n) is 2.98. The smallest absolute Gasteiger partial charge is 0.319 e. The number of benzene rings is 1. The lowest BCUT2D eigenvalue weighted by atomic mass is 10.1. The Bertz CT molecular complexity index is 844. The third-order valence-corrected chi connectivity index (χ3v) is 4.28. The van der Waals surface area contributed by atoms with Crippen molar-refractivity contribution in [2.24, 2.45) is 0 Å². The van der Waals surface area contributed by atoms with Gasteiger partial charge >= 0.3 is 6.03 Å². The summed E-state index contributed by atoms with van der Waals surface area (Å²) >= 11 is 0. The number of amides is 2. The van der Waals surface area contributed by atoms with Gasteiger partial charge in [-0.2, -0.15) is 0 Å². The van der Waals surface area contributed by atoms with Crippen molar-refractivity contribution in [1.82, 2.24) is 19.8 Å². The summed E-state index contributed by atoms with van der Waals surface area (Å²) in [7, 11) is 5.04. The van der Waals surface area contributed by atoms with Gasteiger partial charge in [0.15, 0.2) is 0 Å². The minimum Gasteiger partial charge on any atom is -0.497 e. The van der Waals surface area contributed by atoms with Gasteiger partial charge in [0, 0.05) is 33.5 Å². The number of nitrogens with one attached hydrogen (secondary N) is 1. The molecule has 0 bridgehead atoms. The minimum absolute atomic E-state index is 0.0921. The molecule has 1 N–H and O–H groups in total. The van der Waals surface area contributed by atoms with Gasteiger partial charge in [-0.3, -0.25) is 4.79 Å². The maximum absolute atomic E-state index is 12.5. The normalized spacial score (nSPS) is 13.3. The van der Waals surface area contributed by atoms with E-state index in [2.05, 4.69) is 9.97 Å². The van der Waals surface area contributed by atoms with Gasteiger partial charge in [0.2, 0.25) is 0 Å². The molecule has 0 atom stereocenters. The second-order valence-corrected chi connectivity index (χ2v) is 6.31. The van der Waals surface area contributed by atoms with E-state index in [0.29, 0.717) is 37.3 Å². The number of carbonyl (C=O) groups excluding carboxylic acids is 1. The molecule has 1 aromatic carbocycles. The van der Waals surface area contributed by atoms with E-state index < -0.39 is 0 Å². The predicted molar refractivity (Wildman–Crippen MR) is 93.9 cm³/mol. The zero-order valence-electron chi connectivity index (χ0n) is 14.7. The van der Waals surface area contributed by atoms with Crippen LogP contribution in [0.5, 0.6) is 5.75 Å². The summed E-state index contributed by atoms with van der Waals surface area (Å²) in [6, 6.07) is 7.60. The third kappa shape index (κ3) is 3.65. The first-order valence-electron chi connectivity index (χ1n) is 8.18. The Labute approximate surface area is 146 Å². The van der Waals surface area contributed by atoms with E-state index in [1.165, 1.54) is 4.90 Å². The number of carbonyl (C=O) groups is 1. The lowest BCUT2D eigenvalue weighted by molar-refractivity contribution is 0.165. The zero-order chi connectivity index (χ0) is 18.0. The summed E-state index contributed by atoms with van der Waals surface area (Å²) in [6.45, 7) is 0.868. The van der Waals surface area contributed by atoms with Gasteiger partial charge in [-0.25, -0.2) is 9.78 Å². The van der Waals surface area contributed by atoms with Crippen molar-refractivity contribution in [3.63, 3.8) is 0 Å². The number of H-pyrrole nitrogens is 1. The number of nitrogens with zero attached hydrogens (tertiary/aromatic N) is 3.